The number of nitriles is 1. The maximum Gasteiger partial charge on any atom is 0.246 e. The fourth-order valence-electron chi connectivity index (χ4n) is 2.48. The summed E-state index contributed by atoms with van der Waals surface area (Å²) < 4.78 is 13.1. The van der Waals surface area contributed by atoms with E-state index in [9.17, 15) is 14.0 Å². The maximum absolute atomic E-state index is 13.1. The van der Waals surface area contributed by atoms with E-state index in [-0.39, 0.29) is 30.1 Å². The Bertz CT molecular complexity index is 643. The number of benzene rings is 1. The fourth-order valence-corrected chi connectivity index (χ4v) is 2.48. The maximum atomic E-state index is 13.1. The molecule has 0 aromatic heterocycles. The molecule has 1 aromatic rings. The first kappa shape index (κ1) is 16.7. The van der Waals surface area contributed by atoms with Gasteiger partial charge in [-0.3, -0.25) is 9.59 Å². The molecule has 120 valence electrons. The standard InChI is InChI=1S/C17H18FN3O2/c18-14-3-1-2-13(12-14)4-5-17(23)21-10-7-15(8-11-21)20-16(22)6-9-19/h1-5,12,15H,6-8,10-11H2,(H,20,22)/b5-4+. The summed E-state index contributed by atoms with van der Waals surface area (Å²) in [5, 5.41) is 11.2. The molecular weight excluding hydrogens is 297 g/mol. The summed E-state index contributed by atoms with van der Waals surface area (Å²) in [7, 11) is 0. The second-order valence-electron chi connectivity index (χ2n) is 5.39. The van der Waals surface area contributed by atoms with Crippen LogP contribution in [0.4, 0.5) is 4.39 Å². The van der Waals surface area contributed by atoms with Crippen LogP contribution in [0.2, 0.25) is 0 Å². The van der Waals surface area contributed by atoms with E-state index in [2.05, 4.69) is 5.32 Å². The van der Waals surface area contributed by atoms with E-state index in [4.69, 9.17) is 5.26 Å². The topological polar surface area (TPSA) is 73.2 Å². The molecule has 0 aliphatic carbocycles. The van der Waals surface area contributed by atoms with Crippen LogP contribution < -0.4 is 5.32 Å². The molecule has 0 bridgehead atoms. The summed E-state index contributed by atoms with van der Waals surface area (Å²) in [5.74, 6) is -0.743. The van der Waals surface area contributed by atoms with Gasteiger partial charge in [0.15, 0.2) is 0 Å². The number of likely N-dealkylation sites (tertiary alicyclic amines) is 1. The predicted molar refractivity (Wildman–Crippen MR) is 83.4 cm³/mol. The molecule has 0 unspecified atom stereocenters. The van der Waals surface area contributed by atoms with Crippen LogP contribution in [0.1, 0.15) is 24.8 Å². The Balaban J connectivity index is 1.82. The number of carbonyl (C=O) groups excluding carboxylic acids is 2. The summed E-state index contributed by atoms with van der Waals surface area (Å²) >= 11 is 0. The van der Waals surface area contributed by atoms with Crippen molar-refractivity contribution < 1.29 is 14.0 Å². The molecule has 1 fully saturated rings. The number of rotatable bonds is 4. The lowest BCUT2D eigenvalue weighted by Gasteiger charge is -2.31. The molecule has 0 spiro atoms. The third-order valence-electron chi connectivity index (χ3n) is 3.68. The van der Waals surface area contributed by atoms with Gasteiger partial charge in [0.25, 0.3) is 0 Å². The van der Waals surface area contributed by atoms with Crippen molar-refractivity contribution in [3.63, 3.8) is 0 Å². The van der Waals surface area contributed by atoms with Crippen LogP contribution in [0.25, 0.3) is 6.08 Å². The van der Waals surface area contributed by atoms with E-state index in [0.717, 1.165) is 0 Å². The number of carbonyl (C=O) groups is 2. The zero-order valence-corrected chi connectivity index (χ0v) is 12.7. The molecule has 1 aromatic carbocycles. The van der Waals surface area contributed by atoms with Crippen LogP contribution in [0.3, 0.4) is 0 Å². The fraction of sp³-hybridized carbons (Fsp3) is 0.353. The van der Waals surface area contributed by atoms with Gasteiger partial charge in [0.05, 0.1) is 6.07 Å². The molecular formula is C17H18FN3O2. The molecule has 1 N–H and O–H groups in total. The molecule has 1 heterocycles. The zero-order chi connectivity index (χ0) is 16.7. The highest BCUT2D eigenvalue weighted by Crippen LogP contribution is 2.12. The Morgan fingerprint density at radius 2 is 2.13 bits per heavy atom. The average molecular weight is 315 g/mol. The highest BCUT2D eigenvalue weighted by atomic mass is 19.1. The van der Waals surface area contributed by atoms with Gasteiger partial charge in [0.2, 0.25) is 11.8 Å². The van der Waals surface area contributed by atoms with Crippen molar-refractivity contribution in [2.24, 2.45) is 0 Å². The molecule has 1 aliphatic rings. The second kappa shape index (κ2) is 8.08. The minimum Gasteiger partial charge on any atom is -0.352 e. The van der Waals surface area contributed by atoms with Crippen molar-refractivity contribution in [2.45, 2.75) is 25.3 Å². The largest absolute Gasteiger partial charge is 0.352 e. The molecule has 0 saturated carbocycles. The van der Waals surface area contributed by atoms with Crippen molar-refractivity contribution >= 4 is 17.9 Å². The third-order valence-corrected chi connectivity index (χ3v) is 3.68. The highest BCUT2D eigenvalue weighted by molar-refractivity contribution is 5.91. The molecule has 0 atom stereocenters. The second-order valence-corrected chi connectivity index (χ2v) is 5.39. The first-order chi connectivity index (χ1) is 11.1. The van der Waals surface area contributed by atoms with Gasteiger partial charge in [-0.1, -0.05) is 12.1 Å². The summed E-state index contributed by atoms with van der Waals surface area (Å²) in [5.41, 5.74) is 0.636. The Morgan fingerprint density at radius 3 is 2.78 bits per heavy atom. The Morgan fingerprint density at radius 1 is 1.39 bits per heavy atom. The molecule has 1 saturated heterocycles. The summed E-state index contributed by atoms with van der Waals surface area (Å²) in [4.78, 5) is 25.2. The number of nitrogens with one attached hydrogen (secondary N) is 1. The number of hydrogen-bond donors (Lipinski definition) is 1. The van der Waals surface area contributed by atoms with Crippen LogP contribution in [0.15, 0.2) is 30.3 Å². The van der Waals surface area contributed by atoms with Gasteiger partial charge < -0.3 is 10.2 Å². The van der Waals surface area contributed by atoms with E-state index >= 15 is 0 Å². The number of nitrogens with zero attached hydrogens (tertiary/aromatic N) is 2. The first-order valence-electron chi connectivity index (χ1n) is 7.47. The predicted octanol–water partition coefficient (Wildman–Crippen LogP) is 1.86. The Hall–Kier alpha value is -2.68. The van der Waals surface area contributed by atoms with Gasteiger partial charge in [-0.25, -0.2) is 4.39 Å². The summed E-state index contributed by atoms with van der Waals surface area (Å²) in [6.45, 7) is 1.09. The molecule has 5 nitrogen and oxygen atoms in total. The lowest BCUT2D eigenvalue weighted by atomic mass is 10.0. The van der Waals surface area contributed by atoms with Crippen molar-refractivity contribution in [2.75, 3.05) is 13.1 Å². The lowest BCUT2D eigenvalue weighted by Crippen LogP contribution is -2.46. The average Bonchev–Trinajstić information content (AvgIpc) is 2.53. The van der Waals surface area contributed by atoms with E-state index in [1.807, 2.05) is 6.07 Å². The van der Waals surface area contributed by atoms with Crippen LogP contribution >= 0.6 is 0 Å². The highest BCUT2D eigenvalue weighted by Gasteiger charge is 2.22. The molecule has 1 aliphatic heterocycles. The van der Waals surface area contributed by atoms with E-state index in [1.54, 1.807) is 23.1 Å². The number of amides is 2. The van der Waals surface area contributed by atoms with Crippen LogP contribution in [-0.2, 0) is 9.59 Å². The first-order valence-corrected chi connectivity index (χ1v) is 7.47. The van der Waals surface area contributed by atoms with Crippen molar-refractivity contribution in [1.82, 2.24) is 10.2 Å². The normalized spacial score (nSPS) is 15.4. The van der Waals surface area contributed by atoms with Gasteiger partial charge >= 0.3 is 0 Å². The third kappa shape index (κ3) is 5.22. The summed E-state index contributed by atoms with van der Waals surface area (Å²) in [6.07, 6.45) is 4.21. The Labute approximate surface area is 134 Å². The quantitative estimate of drug-likeness (QED) is 0.862. The van der Waals surface area contributed by atoms with Crippen LogP contribution in [0, 0.1) is 17.1 Å². The van der Waals surface area contributed by atoms with E-state index in [0.29, 0.717) is 31.5 Å². The smallest absolute Gasteiger partial charge is 0.246 e. The summed E-state index contributed by atoms with van der Waals surface area (Å²) in [6, 6.07) is 7.85. The molecule has 23 heavy (non-hydrogen) atoms. The minimum atomic E-state index is -0.339. The molecule has 2 rings (SSSR count). The van der Waals surface area contributed by atoms with E-state index < -0.39 is 0 Å². The molecule has 2 amide bonds. The Kier molecular flexibility index (Phi) is 5.87. The SMILES string of the molecule is N#CCC(=O)NC1CCN(C(=O)/C=C/c2cccc(F)c2)CC1. The minimum absolute atomic E-state index is 0.00657. The van der Waals surface area contributed by atoms with Gasteiger partial charge in [-0.2, -0.15) is 5.26 Å². The van der Waals surface area contributed by atoms with Crippen LogP contribution in [0.5, 0.6) is 0 Å². The number of piperidine rings is 1. The van der Waals surface area contributed by atoms with Gasteiger partial charge in [-0.15, -0.1) is 0 Å². The number of hydrogen-bond acceptors (Lipinski definition) is 3. The molecule has 6 heteroatoms. The zero-order valence-electron chi connectivity index (χ0n) is 12.7. The van der Waals surface area contributed by atoms with Crippen molar-refractivity contribution in [3.8, 4) is 6.07 Å². The van der Waals surface area contributed by atoms with E-state index in [1.165, 1.54) is 18.2 Å². The number of halogens is 1. The van der Waals surface area contributed by atoms with Gasteiger partial charge in [-0.05, 0) is 36.6 Å². The van der Waals surface area contributed by atoms with Gasteiger partial charge in [0, 0.05) is 25.2 Å². The lowest BCUT2D eigenvalue weighted by molar-refractivity contribution is -0.127. The van der Waals surface area contributed by atoms with Gasteiger partial charge in [0.1, 0.15) is 12.2 Å². The molecule has 0 radical (unpaired) electrons. The van der Waals surface area contributed by atoms with Crippen molar-refractivity contribution in [1.29, 1.82) is 5.26 Å². The monoisotopic (exact) mass is 315 g/mol. The van der Waals surface area contributed by atoms with Crippen LogP contribution in [-0.4, -0.2) is 35.8 Å². The van der Waals surface area contributed by atoms with Crippen molar-refractivity contribution in [3.05, 3.63) is 41.7 Å².